The predicted octanol–water partition coefficient (Wildman–Crippen LogP) is 3.38. The number of nitrogens with zero attached hydrogens (tertiary/aromatic N) is 2. The molecule has 0 fully saturated rings. The summed E-state index contributed by atoms with van der Waals surface area (Å²) in [5.74, 6) is 0. The van der Waals surface area contributed by atoms with Gasteiger partial charge < -0.3 is 5.11 Å². The van der Waals surface area contributed by atoms with Crippen LogP contribution in [0.5, 0.6) is 0 Å². The summed E-state index contributed by atoms with van der Waals surface area (Å²) in [7, 11) is 0. The second-order valence-corrected chi connectivity index (χ2v) is 5.70. The van der Waals surface area contributed by atoms with Crippen LogP contribution in [0.1, 0.15) is 16.7 Å². The minimum atomic E-state index is 0.0393. The van der Waals surface area contributed by atoms with Gasteiger partial charge in [0.25, 0.3) is 0 Å². The Morgan fingerprint density at radius 1 is 1.18 bits per heavy atom. The Morgan fingerprint density at radius 3 is 2.77 bits per heavy atom. The molecule has 0 radical (unpaired) electrons. The molecule has 1 aliphatic rings. The summed E-state index contributed by atoms with van der Waals surface area (Å²) >= 11 is 0. The third kappa shape index (κ3) is 2.09. The Kier molecular flexibility index (Phi) is 2.98. The highest BCUT2D eigenvalue weighted by Crippen LogP contribution is 2.34. The highest BCUT2D eigenvalue weighted by molar-refractivity contribution is 5.95. The summed E-state index contributed by atoms with van der Waals surface area (Å²) in [5.41, 5.74) is 9.96. The first-order valence-corrected chi connectivity index (χ1v) is 7.37. The summed E-state index contributed by atoms with van der Waals surface area (Å²) in [5, 5.41) is 12.5. The first-order valence-electron chi connectivity index (χ1n) is 7.37. The lowest BCUT2D eigenvalue weighted by atomic mass is 10.1. The largest absolute Gasteiger partial charge is 0.392 e. The zero-order valence-electron chi connectivity index (χ0n) is 12.4. The van der Waals surface area contributed by atoms with Gasteiger partial charge in [-0.25, -0.2) is 0 Å². The molecule has 110 valence electrons. The van der Waals surface area contributed by atoms with Crippen LogP contribution < -0.4 is 10.4 Å². The van der Waals surface area contributed by atoms with E-state index in [1.54, 1.807) is 0 Å². The summed E-state index contributed by atoms with van der Waals surface area (Å²) in [4.78, 5) is 4.53. The number of aliphatic hydroxyl groups is 1. The van der Waals surface area contributed by atoms with E-state index in [-0.39, 0.29) is 6.61 Å². The van der Waals surface area contributed by atoms with Crippen LogP contribution in [0.25, 0.3) is 10.9 Å². The van der Waals surface area contributed by atoms with Gasteiger partial charge in [-0.15, -0.1) is 0 Å². The molecule has 4 rings (SSSR count). The molecule has 2 heterocycles. The van der Waals surface area contributed by atoms with Crippen LogP contribution in [-0.2, 0) is 13.2 Å². The molecule has 4 heteroatoms. The van der Waals surface area contributed by atoms with Crippen molar-refractivity contribution in [2.75, 3.05) is 10.4 Å². The Balaban J connectivity index is 1.74. The topological polar surface area (TPSA) is 48.4 Å². The van der Waals surface area contributed by atoms with Gasteiger partial charge in [0, 0.05) is 17.1 Å². The van der Waals surface area contributed by atoms with Crippen LogP contribution in [0.15, 0.2) is 48.7 Å². The maximum absolute atomic E-state index is 9.25. The molecule has 0 bridgehead atoms. The quantitative estimate of drug-likeness (QED) is 0.760. The maximum Gasteiger partial charge on any atom is 0.0727 e. The first kappa shape index (κ1) is 13.1. The molecule has 0 saturated carbocycles. The van der Waals surface area contributed by atoms with Gasteiger partial charge in [-0.1, -0.05) is 29.8 Å². The molecule has 2 N–H and O–H groups in total. The second-order valence-electron chi connectivity index (χ2n) is 5.70. The number of nitrogens with one attached hydrogen (secondary N) is 1. The summed E-state index contributed by atoms with van der Waals surface area (Å²) in [6.07, 6.45) is 1.92. The molecule has 0 unspecified atom stereocenters. The maximum atomic E-state index is 9.25. The molecule has 0 saturated heterocycles. The highest BCUT2D eigenvalue weighted by atomic mass is 16.3. The predicted molar refractivity (Wildman–Crippen MR) is 88.7 cm³/mol. The number of hydrogen-bond donors (Lipinski definition) is 2. The number of benzene rings is 2. The lowest BCUT2D eigenvalue weighted by molar-refractivity contribution is 0.282. The zero-order chi connectivity index (χ0) is 15.1. The van der Waals surface area contributed by atoms with Gasteiger partial charge in [-0.05, 0) is 30.7 Å². The summed E-state index contributed by atoms with van der Waals surface area (Å²) in [6, 6.07) is 14.4. The van der Waals surface area contributed by atoms with Gasteiger partial charge in [-0.3, -0.25) is 15.4 Å². The van der Waals surface area contributed by atoms with Crippen molar-refractivity contribution in [3.05, 3.63) is 65.4 Å². The van der Waals surface area contributed by atoms with Gasteiger partial charge in [0.2, 0.25) is 0 Å². The molecule has 1 aliphatic heterocycles. The second kappa shape index (κ2) is 5.00. The van der Waals surface area contributed by atoms with Crippen LogP contribution in [0.4, 0.5) is 11.4 Å². The number of aliphatic hydroxyl groups excluding tert-OH is 1. The fourth-order valence-corrected chi connectivity index (χ4v) is 2.86. The molecule has 22 heavy (non-hydrogen) atoms. The minimum absolute atomic E-state index is 0.0393. The minimum Gasteiger partial charge on any atom is -0.392 e. The molecule has 1 aromatic heterocycles. The monoisotopic (exact) mass is 291 g/mol. The van der Waals surface area contributed by atoms with Crippen molar-refractivity contribution in [3.8, 4) is 0 Å². The third-order valence-corrected chi connectivity index (χ3v) is 4.12. The standard InChI is InChI=1S/C18H17N3O/c1-12-2-5-15(6-3-12)21-10-14-9-19-17-8-13(11-22)4-7-16(17)18(14)20-21/h2-9,20,22H,10-11H2,1H3. The van der Waals surface area contributed by atoms with E-state index in [4.69, 9.17) is 0 Å². The Morgan fingerprint density at radius 2 is 2.00 bits per heavy atom. The van der Waals surface area contributed by atoms with Crippen LogP contribution in [0.3, 0.4) is 0 Å². The van der Waals surface area contributed by atoms with E-state index in [9.17, 15) is 5.11 Å². The van der Waals surface area contributed by atoms with Gasteiger partial charge in [0.15, 0.2) is 0 Å². The number of aromatic nitrogens is 1. The molecule has 4 nitrogen and oxygen atoms in total. The van der Waals surface area contributed by atoms with Crippen molar-refractivity contribution in [2.24, 2.45) is 0 Å². The van der Waals surface area contributed by atoms with Gasteiger partial charge in [0.1, 0.15) is 0 Å². The lowest BCUT2D eigenvalue weighted by Crippen LogP contribution is -2.22. The number of anilines is 2. The first-order chi connectivity index (χ1) is 10.7. The smallest absolute Gasteiger partial charge is 0.0727 e. The van der Waals surface area contributed by atoms with E-state index in [1.807, 2.05) is 24.4 Å². The van der Waals surface area contributed by atoms with E-state index in [2.05, 4.69) is 46.6 Å². The molecule has 0 amide bonds. The molecular formula is C18H17N3O. The summed E-state index contributed by atoms with van der Waals surface area (Å²) < 4.78 is 0. The average Bonchev–Trinajstić information content (AvgIpc) is 2.99. The normalized spacial score (nSPS) is 13.3. The van der Waals surface area contributed by atoms with E-state index in [0.717, 1.165) is 34.4 Å². The van der Waals surface area contributed by atoms with E-state index in [0.29, 0.717) is 0 Å². The molecule has 3 aromatic rings. The van der Waals surface area contributed by atoms with Crippen molar-refractivity contribution in [1.29, 1.82) is 0 Å². The van der Waals surface area contributed by atoms with Crippen molar-refractivity contribution in [1.82, 2.24) is 4.98 Å². The molecule has 2 aromatic carbocycles. The van der Waals surface area contributed by atoms with E-state index < -0.39 is 0 Å². The van der Waals surface area contributed by atoms with Crippen molar-refractivity contribution >= 4 is 22.3 Å². The third-order valence-electron chi connectivity index (χ3n) is 4.12. The number of pyridine rings is 1. The zero-order valence-corrected chi connectivity index (χ0v) is 12.4. The fraction of sp³-hybridized carbons (Fsp3) is 0.167. The van der Waals surface area contributed by atoms with Crippen molar-refractivity contribution < 1.29 is 5.11 Å². The molecular weight excluding hydrogens is 274 g/mol. The number of hydrogen-bond acceptors (Lipinski definition) is 4. The van der Waals surface area contributed by atoms with Crippen LogP contribution in [-0.4, -0.2) is 10.1 Å². The number of rotatable bonds is 2. The highest BCUT2D eigenvalue weighted by Gasteiger charge is 2.21. The lowest BCUT2D eigenvalue weighted by Gasteiger charge is -2.19. The van der Waals surface area contributed by atoms with Crippen LogP contribution in [0.2, 0.25) is 0 Å². The van der Waals surface area contributed by atoms with E-state index in [1.165, 1.54) is 11.1 Å². The Labute approximate surface area is 129 Å². The van der Waals surface area contributed by atoms with Crippen LogP contribution in [0, 0.1) is 6.92 Å². The van der Waals surface area contributed by atoms with E-state index >= 15 is 0 Å². The number of fused-ring (bicyclic) bond motifs is 3. The Hall–Kier alpha value is -2.59. The number of aryl methyl sites for hydroxylation is 1. The van der Waals surface area contributed by atoms with Crippen molar-refractivity contribution in [2.45, 2.75) is 20.1 Å². The van der Waals surface area contributed by atoms with Crippen LogP contribution >= 0.6 is 0 Å². The SMILES string of the molecule is Cc1ccc(N2Cc3cnc4cc(CO)ccc4c3N2)cc1. The fourth-order valence-electron chi connectivity index (χ4n) is 2.86. The van der Waals surface area contributed by atoms with Gasteiger partial charge in [-0.2, -0.15) is 0 Å². The molecule has 0 atom stereocenters. The Bertz CT molecular complexity index is 843. The number of hydrazine groups is 1. The van der Waals surface area contributed by atoms with Crippen molar-refractivity contribution in [3.63, 3.8) is 0 Å². The summed E-state index contributed by atoms with van der Waals surface area (Å²) in [6.45, 7) is 2.92. The van der Waals surface area contributed by atoms with Gasteiger partial charge in [0.05, 0.1) is 30.0 Å². The van der Waals surface area contributed by atoms with Gasteiger partial charge >= 0.3 is 0 Å². The average molecular weight is 291 g/mol. The molecule has 0 spiro atoms. The molecule has 0 aliphatic carbocycles.